The number of imide groups is 1. The maximum Gasteiger partial charge on any atom is 0.292 e. The third-order valence-electron chi connectivity index (χ3n) is 6.05. The summed E-state index contributed by atoms with van der Waals surface area (Å²) < 4.78 is 1.17. The van der Waals surface area contributed by atoms with Crippen LogP contribution in [-0.2, 0) is 9.59 Å². The van der Waals surface area contributed by atoms with Crippen LogP contribution in [0.15, 0.2) is 42.5 Å². The van der Waals surface area contributed by atoms with Gasteiger partial charge in [0, 0.05) is 5.56 Å². The van der Waals surface area contributed by atoms with Crippen LogP contribution in [-0.4, -0.2) is 35.9 Å². The van der Waals surface area contributed by atoms with Gasteiger partial charge in [-0.1, -0.05) is 6.07 Å². The zero-order valence-electron chi connectivity index (χ0n) is 16.5. The predicted molar refractivity (Wildman–Crippen MR) is 115 cm³/mol. The highest BCUT2D eigenvalue weighted by atomic mass is 32.1. The number of likely N-dealkylation sites (tertiary alicyclic amines) is 1. The Balaban J connectivity index is 1.39. The summed E-state index contributed by atoms with van der Waals surface area (Å²) >= 11 is 1.66. The van der Waals surface area contributed by atoms with E-state index in [1.165, 1.54) is 26.5 Å². The number of nitrogens with zero attached hydrogens (tertiary/aromatic N) is 2. The first-order valence-corrected chi connectivity index (χ1v) is 11.1. The molecule has 6 heteroatoms. The van der Waals surface area contributed by atoms with Gasteiger partial charge in [0.15, 0.2) is 6.04 Å². The predicted octanol–water partition coefficient (Wildman–Crippen LogP) is 2.97. The number of aromatic nitrogens is 1. The molecule has 2 fully saturated rings. The Hall–Kier alpha value is -2.57. The van der Waals surface area contributed by atoms with Crippen LogP contribution in [0.3, 0.4) is 0 Å². The number of piperidine rings is 1. The highest BCUT2D eigenvalue weighted by molar-refractivity contribution is 7.21. The molecular weight excluding hydrogens is 382 g/mol. The number of nitrogens with one attached hydrogen (secondary N) is 1. The summed E-state index contributed by atoms with van der Waals surface area (Å²) in [7, 11) is 0. The molecule has 0 unspecified atom stereocenters. The van der Waals surface area contributed by atoms with E-state index >= 15 is 0 Å². The van der Waals surface area contributed by atoms with Gasteiger partial charge in [-0.05, 0) is 68.1 Å². The lowest BCUT2D eigenvalue weighted by atomic mass is 10.1. The van der Waals surface area contributed by atoms with E-state index in [2.05, 4.69) is 19.1 Å². The Bertz CT molecular complexity index is 1080. The molecule has 2 saturated heterocycles. The lowest BCUT2D eigenvalue weighted by Crippen LogP contribution is -3.17. The van der Waals surface area contributed by atoms with Crippen LogP contribution >= 0.6 is 11.3 Å². The van der Waals surface area contributed by atoms with E-state index in [0.29, 0.717) is 12.1 Å². The second-order valence-corrected chi connectivity index (χ2v) is 9.11. The molecule has 2 aliphatic rings. The monoisotopic (exact) mass is 406 g/mol. The maximum absolute atomic E-state index is 13.0. The zero-order valence-corrected chi connectivity index (χ0v) is 17.3. The molecule has 2 amide bonds. The number of fused-ring (bicyclic) bond motifs is 1. The quantitative estimate of drug-likeness (QED) is 0.681. The van der Waals surface area contributed by atoms with E-state index in [9.17, 15) is 9.59 Å². The third-order valence-corrected chi connectivity index (χ3v) is 7.12. The number of thiazole rings is 1. The van der Waals surface area contributed by atoms with Gasteiger partial charge in [-0.2, -0.15) is 0 Å². The van der Waals surface area contributed by atoms with Gasteiger partial charge in [0.2, 0.25) is 5.91 Å². The molecule has 0 radical (unpaired) electrons. The van der Waals surface area contributed by atoms with E-state index in [0.717, 1.165) is 42.0 Å². The Morgan fingerprint density at radius 1 is 1.03 bits per heavy atom. The van der Waals surface area contributed by atoms with Gasteiger partial charge in [-0.15, -0.1) is 11.3 Å². The van der Waals surface area contributed by atoms with Crippen LogP contribution in [0, 0.1) is 6.92 Å². The average Bonchev–Trinajstić information content (AvgIpc) is 3.29. The van der Waals surface area contributed by atoms with Crippen LogP contribution in [0.25, 0.3) is 20.8 Å². The summed E-state index contributed by atoms with van der Waals surface area (Å²) in [6.45, 7) is 4.07. The van der Waals surface area contributed by atoms with Gasteiger partial charge >= 0.3 is 0 Å². The van der Waals surface area contributed by atoms with E-state index < -0.39 is 0 Å². The van der Waals surface area contributed by atoms with Gasteiger partial charge in [0.1, 0.15) is 5.01 Å². The number of carbonyl (C=O) groups is 2. The number of carbonyl (C=O) groups excluding carboxylic acids is 2. The molecule has 1 atom stereocenters. The molecule has 3 heterocycles. The first-order valence-electron chi connectivity index (χ1n) is 10.3. The molecule has 3 aromatic rings. The molecule has 0 spiro atoms. The van der Waals surface area contributed by atoms with Crippen molar-refractivity contribution in [2.45, 2.75) is 38.6 Å². The minimum atomic E-state index is -0.213. The standard InChI is InChI=1S/C23H23N3O2S/c1-15-5-10-18-20(13-15)29-22(24-18)16-6-8-17(9-7-16)26-21(27)14-19(23(26)28)25-11-3-2-4-12-25/h5-10,13,19H,2-4,11-12,14H2,1H3/p+1/t19-/m1/s1. The molecule has 0 saturated carbocycles. The smallest absolute Gasteiger partial charge is 0.292 e. The van der Waals surface area contributed by atoms with Crippen LogP contribution in [0.1, 0.15) is 31.2 Å². The van der Waals surface area contributed by atoms with Gasteiger partial charge in [0.05, 0.1) is 35.4 Å². The van der Waals surface area contributed by atoms with Crippen LogP contribution in [0.2, 0.25) is 0 Å². The fourth-order valence-electron chi connectivity index (χ4n) is 4.48. The third kappa shape index (κ3) is 3.36. The Morgan fingerprint density at radius 3 is 2.55 bits per heavy atom. The second kappa shape index (κ2) is 7.35. The first kappa shape index (κ1) is 18.5. The average molecular weight is 407 g/mol. The number of hydrogen-bond donors (Lipinski definition) is 1. The number of quaternary nitrogens is 1. The number of hydrogen-bond acceptors (Lipinski definition) is 4. The lowest BCUT2D eigenvalue weighted by molar-refractivity contribution is -0.919. The number of amides is 2. The SMILES string of the molecule is Cc1ccc2nc(-c3ccc(N4C(=O)C[C@@H]([NH+]5CCCCC5)C4=O)cc3)sc2c1. The van der Waals surface area contributed by atoms with Gasteiger partial charge in [-0.3, -0.25) is 9.59 Å². The minimum absolute atomic E-state index is 0.0462. The topological polar surface area (TPSA) is 54.7 Å². The Morgan fingerprint density at radius 2 is 1.79 bits per heavy atom. The van der Waals surface area contributed by atoms with Gasteiger partial charge in [-0.25, -0.2) is 9.88 Å². The molecule has 29 heavy (non-hydrogen) atoms. The molecule has 2 aliphatic heterocycles. The van der Waals surface area contributed by atoms with Crippen molar-refractivity contribution in [3.05, 3.63) is 48.0 Å². The number of anilines is 1. The van der Waals surface area contributed by atoms with Crippen molar-refractivity contribution in [3.63, 3.8) is 0 Å². The number of rotatable bonds is 3. The molecule has 148 valence electrons. The number of aryl methyl sites for hydroxylation is 1. The van der Waals surface area contributed by atoms with E-state index in [1.54, 1.807) is 11.3 Å². The summed E-state index contributed by atoms with van der Waals surface area (Å²) in [5, 5.41) is 0.951. The van der Waals surface area contributed by atoms with Crippen molar-refractivity contribution in [1.29, 1.82) is 0 Å². The summed E-state index contributed by atoms with van der Waals surface area (Å²) in [4.78, 5) is 33.0. The molecule has 0 bridgehead atoms. The highest BCUT2D eigenvalue weighted by Gasteiger charge is 2.45. The fourth-order valence-corrected chi connectivity index (χ4v) is 5.55. The molecule has 1 N–H and O–H groups in total. The Labute approximate surface area is 174 Å². The largest absolute Gasteiger partial charge is 0.324 e. The molecule has 5 nitrogen and oxygen atoms in total. The minimum Gasteiger partial charge on any atom is -0.324 e. The molecule has 5 rings (SSSR count). The van der Waals surface area contributed by atoms with E-state index in [1.807, 2.05) is 30.3 Å². The molecular formula is C23H24N3O2S+. The molecule has 1 aromatic heterocycles. The van der Waals surface area contributed by atoms with E-state index in [-0.39, 0.29) is 17.9 Å². The normalized spacial score (nSPS) is 20.7. The lowest BCUT2D eigenvalue weighted by Gasteiger charge is -2.27. The van der Waals surface area contributed by atoms with Crippen molar-refractivity contribution in [2.75, 3.05) is 18.0 Å². The highest BCUT2D eigenvalue weighted by Crippen LogP contribution is 2.32. The molecule has 0 aliphatic carbocycles. The van der Waals surface area contributed by atoms with Crippen LogP contribution in [0.5, 0.6) is 0 Å². The van der Waals surface area contributed by atoms with Crippen molar-refractivity contribution in [3.8, 4) is 10.6 Å². The fraction of sp³-hybridized carbons (Fsp3) is 0.348. The maximum atomic E-state index is 13.0. The number of benzene rings is 2. The molecule has 2 aromatic carbocycles. The zero-order chi connectivity index (χ0) is 20.0. The summed E-state index contributed by atoms with van der Waals surface area (Å²) in [5.41, 5.74) is 3.89. The summed E-state index contributed by atoms with van der Waals surface area (Å²) in [6, 6.07) is 13.7. The van der Waals surface area contributed by atoms with Crippen molar-refractivity contribution in [1.82, 2.24) is 4.98 Å². The summed E-state index contributed by atoms with van der Waals surface area (Å²) in [6.07, 6.45) is 3.84. The van der Waals surface area contributed by atoms with Gasteiger partial charge < -0.3 is 4.90 Å². The summed E-state index contributed by atoms with van der Waals surface area (Å²) in [5.74, 6) is -0.128. The van der Waals surface area contributed by atoms with Crippen molar-refractivity contribution >= 4 is 39.1 Å². The first-order chi connectivity index (χ1) is 14.1. The van der Waals surface area contributed by atoms with Crippen LogP contribution in [0.4, 0.5) is 5.69 Å². The van der Waals surface area contributed by atoms with Crippen LogP contribution < -0.4 is 9.80 Å². The van der Waals surface area contributed by atoms with Gasteiger partial charge in [0.25, 0.3) is 5.91 Å². The Kier molecular flexibility index (Phi) is 4.68. The van der Waals surface area contributed by atoms with E-state index in [4.69, 9.17) is 4.98 Å². The van der Waals surface area contributed by atoms with Crippen molar-refractivity contribution in [2.24, 2.45) is 0 Å². The van der Waals surface area contributed by atoms with Crippen molar-refractivity contribution < 1.29 is 14.5 Å². The second-order valence-electron chi connectivity index (χ2n) is 8.08.